The van der Waals surface area contributed by atoms with E-state index >= 15 is 0 Å². The van der Waals surface area contributed by atoms with E-state index in [-0.39, 0.29) is 9.03 Å². The number of benzene rings is 1. The summed E-state index contributed by atoms with van der Waals surface area (Å²) in [5.74, 6) is 0. The molecule has 29 heavy (non-hydrogen) atoms. The van der Waals surface area contributed by atoms with Crippen LogP contribution in [0.5, 0.6) is 0 Å². The van der Waals surface area contributed by atoms with E-state index in [1.807, 2.05) is 38.4 Å². The molecule has 0 aliphatic carbocycles. The summed E-state index contributed by atoms with van der Waals surface area (Å²) < 4.78 is 9.76. The van der Waals surface area contributed by atoms with Gasteiger partial charge < -0.3 is 19.2 Å². The SMILES string of the molecule is C/C=c1/cnc(CC=O)c(-c2ccccc2)/c1=C/CC.CNCCCOPOC. The predicted octanol–water partition coefficient (Wildman–Crippen LogP) is 3.25. The standard InChI is InChI=1S/C18H19NO.C5H14NO2P/c1-3-8-16-14(4-2)13-19-17(11-12-20)18(16)15-9-6-5-7-10-15;1-6-4-3-5-8-9-7-2/h4-10,12-13H,3,11H2,1-2H3;6,9H,3-5H2,1-2H3/b14-4-,16-8+;. The first-order valence-electron chi connectivity index (χ1n) is 9.91. The van der Waals surface area contributed by atoms with Crippen molar-refractivity contribution in [3.05, 3.63) is 52.7 Å². The van der Waals surface area contributed by atoms with Crippen LogP contribution < -0.4 is 15.8 Å². The molecule has 1 aromatic heterocycles. The zero-order valence-electron chi connectivity index (χ0n) is 17.9. The van der Waals surface area contributed by atoms with E-state index in [1.54, 1.807) is 7.11 Å². The van der Waals surface area contributed by atoms with Crippen molar-refractivity contribution in [2.24, 2.45) is 0 Å². The fourth-order valence-corrected chi connectivity index (χ4v) is 3.16. The summed E-state index contributed by atoms with van der Waals surface area (Å²) in [6.07, 6.45) is 9.38. The maximum absolute atomic E-state index is 10.9. The Hall–Kier alpha value is -1.91. The summed E-state index contributed by atoms with van der Waals surface area (Å²) in [5, 5.41) is 5.31. The summed E-state index contributed by atoms with van der Waals surface area (Å²) in [7, 11) is 3.76. The minimum absolute atomic E-state index is 0.198. The third kappa shape index (κ3) is 8.97. The van der Waals surface area contributed by atoms with E-state index in [0.29, 0.717) is 6.42 Å². The number of carbonyl (C=O) groups is 1. The van der Waals surface area contributed by atoms with Gasteiger partial charge in [-0.05, 0) is 49.4 Å². The molecular formula is C23H33N2O3P. The molecule has 1 N–H and O–H groups in total. The Bertz CT molecular complexity index is 820. The predicted molar refractivity (Wildman–Crippen MR) is 123 cm³/mol. The first kappa shape index (κ1) is 25.1. The van der Waals surface area contributed by atoms with E-state index in [4.69, 9.17) is 9.05 Å². The highest BCUT2D eigenvalue weighted by atomic mass is 31.1. The van der Waals surface area contributed by atoms with Gasteiger partial charge >= 0.3 is 0 Å². The smallest absolute Gasteiger partial charge is 0.154 e. The molecule has 1 heterocycles. The molecule has 0 saturated heterocycles. The Labute approximate surface area is 176 Å². The zero-order valence-corrected chi connectivity index (χ0v) is 18.9. The van der Waals surface area contributed by atoms with Gasteiger partial charge in [-0.15, -0.1) is 0 Å². The molecule has 2 aromatic rings. The monoisotopic (exact) mass is 416 g/mol. The van der Waals surface area contributed by atoms with Crippen molar-refractivity contribution >= 4 is 27.5 Å². The third-order valence-corrected chi connectivity index (χ3v) is 4.59. The second kappa shape index (κ2) is 15.9. The van der Waals surface area contributed by atoms with Crippen LogP contribution in [0.3, 0.4) is 0 Å². The molecule has 6 heteroatoms. The molecule has 0 fully saturated rings. The van der Waals surface area contributed by atoms with Crippen LogP contribution in [-0.4, -0.2) is 38.6 Å². The highest BCUT2D eigenvalue weighted by Gasteiger charge is 2.08. The Kier molecular flexibility index (Phi) is 13.8. The number of hydrogen-bond acceptors (Lipinski definition) is 5. The van der Waals surface area contributed by atoms with E-state index < -0.39 is 0 Å². The average molecular weight is 417 g/mol. The number of nitrogens with zero attached hydrogens (tertiary/aromatic N) is 1. The second-order valence-electron chi connectivity index (χ2n) is 6.18. The highest BCUT2D eigenvalue weighted by molar-refractivity contribution is 7.26. The number of hydrogen-bond donors (Lipinski definition) is 1. The summed E-state index contributed by atoms with van der Waals surface area (Å²) >= 11 is 0. The van der Waals surface area contributed by atoms with Gasteiger partial charge in [-0.1, -0.05) is 49.4 Å². The quantitative estimate of drug-likeness (QED) is 0.366. The van der Waals surface area contributed by atoms with Gasteiger partial charge in [0.2, 0.25) is 0 Å². The Balaban J connectivity index is 0.000000396. The van der Waals surface area contributed by atoms with Crippen LogP contribution in [0.4, 0.5) is 0 Å². The normalized spacial score (nSPS) is 12.3. The number of aldehydes is 1. The molecule has 5 nitrogen and oxygen atoms in total. The van der Waals surface area contributed by atoms with Crippen molar-refractivity contribution in [1.82, 2.24) is 10.3 Å². The maximum atomic E-state index is 10.9. The molecule has 0 amide bonds. The first-order valence-corrected chi connectivity index (χ1v) is 10.7. The van der Waals surface area contributed by atoms with Gasteiger partial charge in [-0.3, -0.25) is 4.98 Å². The van der Waals surface area contributed by atoms with Crippen LogP contribution in [0.2, 0.25) is 0 Å². The molecule has 0 spiro atoms. The molecule has 0 aliphatic heterocycles. The van der Waals surface area contributed by atoms with Crippen LogP contribution >= 0.6 is 9.03 Å². The molecule has 2 rings (SSSR count). The average Bonchev–Trinajstić information content (AvgIpc) is 2.75. The lowest BCUT2D eigenvalue weighted by atomic mass is 9.98. The van der Waals surface area contributed by atoms with Gasteiger partial charge in [-0.25, -0.2) is 0 Å². The number of rotatable bonds is 10. The molecule has 1 unspecified atom stereocenters. The van der Waals surface area contributed by atoms with Crippen molar-refractivity contribution in [3.63, 3.8) is 0 Å². The van der Waals surface area contributed by atoms with E-state index in [1.165, 1.54) is 5.22 Å². The van der Waals surface area contributed by atoms with Crippen LogP contribution in [-0.2, 0) is 20.3 Å². The minimum atomic E-state index is 0.198. The molecular weight excluding hydrogens is 383 g/mol. The van der Waals surface area contributed by atoms with E-state index in [0.717, 1.165) is 54.3 Å². The molecule has 0 aliphatic rings. The van der Waals surface area contributed by atoms with Crippen molar-refractivity contribution in [2.45, 2.75) is 33.1 Å². The van der Waals surface area contributed by atoms with E-state index in [2.05, 4.69) is 41.5 Å². The van der Waals surface area contributed by atoms with Crippen LogP contribution in [0, 0.1) is 0 Å². The van der Waals surface area contributed by atoms with Gasteiger partial charge in [0.05, 0.1) is 12.3 Å². The summed E-state index contributed by atoms with van der Waals surface area (Å²) in [5.41, 5.74) is 3.03. The highest BCUT2D eigenvalue weighted by Crippen LogP contribution is 2.17. The largest absolute Gasteiger partial charge is 0.340 e. The molecule has 1 atom stereocenters. The van der Waals surface area contributed by atoms with Gasteiger partial charge in [-0.2, -0.15) is 0 Å². The zero-order chi connectivity index (χ0) is 21.3. The Morgan fingerprint density at radius 3 is 2.59 bits per heavy atom. The summed E-state index contributed by atoms with van der Waals surface area (Å²) in [6, 6.07) is 10.2. The number of nitrogens with one attached hydrogen (secondary N) is 1. The van der Waals surface area contributed by atoms with Crippen LogP contribution in [0.15, 0.2) is 36.5 Å². The van der Waals surface area contributed by atoms with Crippen molar-refractivity contribution < 1.29 is 13.8 Å². The third-order valence-electron chi connectivity index (χ3n) is 4.10. The first-order chi connectivity index (χ1) is 14.2. The minimum Gasteiger partial charge on any atom is -0.340 e. The number of pyridine rings is 1. The molecule has 158 valence electrons. The van der Waals surface area contributed by atoms with Crippen LogP contribution in [0.1, 0.15) is 32.4 Å². The van der Waals surface area contributed by atoms with Gasteiger partial charge in [0.1, 0.15) is 6.29 Å². The Morgan fingerprint density at radius 2 is 2.00 bits per heavy atom. The van der Waals surface area contributed by atoms with Gasteiger partial charge in [0.15, 0.2) is 9.03 Å². The fourth-order valence-electron chi connectivity index (χ4n) is 2.82. The van der Waals surface area contributed by atoms with Gasteiger partial charge in [0, 0.05) is 25.3 Å². The van der Waals surface area contributed by atoms with E-state index in [9.17, 15) is 4.79 Å². The van der Waals surface area contributed by atoms with Crippen molar-refractivity contribution in [3.8, 4) is 11.1 Å². The fraction of sp³-hybridized carbons (Fsp3) is 0.391. The lowest BCUT2D eigenvalue weighted by Crippen LogP contribution is -2.29. The van der Waals surface area contributed by atoms with Crippen molar-refractivity contribution in [1.29, 1.82) is 0 Å². The summed E-state index contributed by atoms with van der Waals surface area (Å²) in [6.45, 7) is 5.92. The molecule has 0 radical (unpaired) electrons. The topological polar surface area (TPSA) is 60.5 Å². The second-order valence-corrected chi connectivity index (χ2v) is 7.04. The van der Waals surface area contributed by atoms with Gasteiger partial charge in [0.25, 0.3) is 0 Å². The summed E-state index contributed by atoms with van der Waals surface area (Å²) in [4.78, 5) is 15.4. The molecule has 0 saturated carbocycles. The Morgan fingerprint density at radius 1 is 1.24 bits per heavy atom. The lowest BCUT2D eigenvalue weighted by Gasteiger charge is -2.09. The maximum Gasteiger partial charge on any atom is 0.154 e. The van der Waals surface area contributed by atoms with Crippen molar-refractivity contribution in [2.75, 3.05) is 27.3 Å². The molecule has 1 aromatic carbocycles. The number of aromatic nitrogens is 1. The molecule has 0 bridgehead atoms. The van der Waals surface area contributed by atoms with Crippen LogP contribution in [0.25, 0.3) is 23.3 Å². The lowest BCUT2D eigenvalue weighted by molar-refractivity contribution is -0.107. The number of carbonyl (C=O) groups excluding carboxylic acids is 1.